The van der Waals surface area contributed by atoms with Crippen molar-refractivity contribution in [2.45, 2.75) is 36.0 Å². The minimum Gasteiger partial charge on any atom is -0.469 e. The maximum Gasteiger partial charge on any atom is 0.305 e. The number of halogens is 1. The molecule has 1 heterocycles. The summed E-state index contributed by atoms with van der Waals surface area (Å²) in [5.74, 6) is -0.832. The molecular formula is C19H25IN4O4S2. The number of aliphatic imine (C=N–C) groups is 1. The van der Waals surface area contributed by atoms with Crippen LogP contribution in [0.5, 0.6) is 0 Å². The van der Waals surface area contributed by atoms with Gasteiger partial charge in [0, 0.05) is 36.5 Å². The van der Waals surface area contributed by atoms with Crippen molar-refractivity contribution < 1.29 is 19.1 Å². The number of carbonyl (C=O) groups is 3. The summed E-state index contributed by atoms with van der Waals surface area (Å²) in [7, 11) is 3.14. The molecule has 0 spiro atoms. The lowest BCUT2D eigenvalue weighted by molar-refractivity contribution is -0.140. The van der Waals surface area contributed by atoms with Crippen molar-refractivity contribution in [3.8, 4) is 0 Å². The minimum atomic E-state index is -0.393. The van der Waals surface area contributed by atoms with Gasteiger partial charge in [0.05, 0.1) is 12.7 Å². The minimum absolute atomic E-state index is 0. The number of nitrogens with one attached hydrogen (secondary N) is 2. The first-order valence-corrected chi connectivity index (χ1v) is 10.8. The summed E-state index contributed by atoms with van der Waals surface area (Å²) >= 11 is 2.51. The highest BCUT2D eigenvalue weighted by atomic mass is 127. The Kier molecular flexibility index (Phi) is 11.4. The van der Waals surface area contributed by atoms with Crippen LogP contribution in [0.1, 0.15) is 30.1 Å². The first kappa shape index (κ1) is 26.4. The highest BCUT2D eigenvalue weighted by molar-refractivity contribution is 14.0. The average molecular weight is 564 g/mol. The fourth-order valence-corrected chi connectivity index (χ4v) is 4.29. The molecular weight excluding hydrogens is 539 g/mol. The normalized spacial score (nSPS) is 19.2. The van der Waals surface area contributed by atoms with Gasteiger partial charge in [0.15, 0.2) is 5.17 Å². The van der Waals surface area contributed by atoms with Crippen molar-refractivity contribution in [1.82, 2.24) is 10.2 Å². The third kappa shape index (κ3) is 7.27. The number of hydrogen-bond donors (Lipinski definition) is 2. The number of hydrogen-bond acceptors (Lipinski definition) is 7. The van der Waals surface area contributed by atoms with E-state index in [1.807, 2.05) is 11.8 Å². The van der Waals surface area contributed by atoms with E-state index in [4.69, 9.17) is 5.41 Å². The quantitative estimate of drug-likeness (QED) is 0.125. The van der Waals surface area contributed by atoms with Gasteiger partial charge in [-0.15, -0.1) is 24.0 Å². The zero-order valence-corrected chi connectivity index (χ0v) is 20.9. The molecule has 2 unspecified atom stereocenters. The summed E-state index contributed by atoms with van der Waals surface area (Å²) < 4.78 is 4.57. The van der Waals surface area contributed by atoms with Gasteiger partial charge in [-0.25, -0.2) is 0 Å². The molecule has 2 amide bonds. The number of carbonyl (C=O) groups excluding carboxylic acids is 3. The maximum absolute atomic E-state index is 12.5. The monoisotopic (exact) mass is 564 g/mol. The Hall–Kier alpha value is -1.60. The smallest absolute Gasteiger partial charge is 0.305 e. The largest absolute Gasteiger partial charge is 0.469 e. The molecule has 0 aliphatic carbocycles. The van der Waals surface area contributed by atoms with Crippen LogP contribution in [-0.2, 0) is 14.3 Å². The third-order valence-corrected chi connectivity index (χ3v) is 6.53. The SMILES string of the molecule is COC(=O)CCCNC(=O)C1SC(=NC(=O)c2ccc(SC=N)cc2)N(C)C1C.I. The van der Waals surface area contributed by atoms with Gasteiger partial charge in [-0.1, -0.05) is 23.5 Å². The maximum atomic E-state index is 12.5. The van der Waals surface area contributed by atoms with Crippen LogP contribution in [0.3, 0.4) is 0 Å². The van der Waals surface area contributed by atoms with Gasteiger partial charge < -0.3 is 20.4 Å². The lowest BCUT2D eigenvalue weighted by Crippen LogP contribution is -2.41. The van der Waals surface area contributed by atoms with E-state index >= 15 is 0 Å². The number of benzene rings is 1. The summed E-state index contributed by atoms with van der Waals surface area (Å²) in [4.78, 5) is 43.0. The van der Waals surface area contributed by atoms with Gasteiger partial charge in [-0.3, -0.25) is 14.4 Å². The van der Waals surface area contributed by atoms with Crippen LogP contribution >= 0.6 is 47.5 Å². The van der Waals surface area contributed by atoms with Gasteiger partial charge in [0.2, 0.25) is 5.91 Å². The highest BCUT2D eigenvalue weighted by Crippen LogP contribution is 2.31. The molecule has 1 aromatic rings. The zero-order valence-electron chi connectivity index (χ0n) is 16.9. The molecule has 0 bridgehead atoms. The van der Waals surface area contributed by atoms with Crippen LogP contribution in [0, 0.1) is 5.41 Å². The van der Waals surface area contributed by atoms with Crippen LogP contribution in [0.4, 0.5) is 0 Å². The average Bonchev–Trinajstić information content (AvgIpc) is 3.00. The third-order valence-electron chi connectivity index (χ3n) is 4.42. The van der Waals surface area contributed by atoms with Crippen LogP contribution < -0.4 is 5.32 Å². The number of rotatable bonds is 8. The lowest BCUT2D eigenvalue weighted by atomic mass is 10.2. The Morgan fingerprint density at radius 2 is 2.00 bits per heavy atom. The molecule has 0 radical (unpaired) electrons. The van der Waals surface area contributed by atoms with Crippen molar-refractivity contribution >= 4 is 76.0 Å². The summed E-state index contributed by atoms with van der Waals surface area (Å²) in [6.07, 6.45) is 0.758. The number of ether oxygens (including phenoxy) is 1. The van der Waals surface area contributed by atoms with E-state index in [9.17, 15) is 14.4 Å². The van der Waals surface area contributed by atoms with E-state index in [2.05, 4.69) is 15.0 Å². The Morgan fingerprint density at radius 3 is 2.60 bits per heavy atom. The summed E-state index contributed by atoms with van der Waals surface area (Å²) in [5.41, 5.74) is 1.67. The van der Waals surface area contributed by atoms with E-state index in [1.54, 1.807) is 31.3 Å². The predicted octanol–water partition coefficient (Wildman–Crippen LogP) is 3.01. The number of amidine groups is 1. The molecule has 1 saturated heterocycles. The molecule has 2 N–H and O–H groups in total. The van der Waals surface area contributed by atoms with E-state index in [0.717, 1.165) is 4.90 Å². The molecule has 8 nitrogen and oxygen atoms in total. The lowest BCUT2D eigenvalue weighted by Gasteiger charge is -2.19. The first-order chi connectivity index (χ1) is 13.9. The van der Waals surface area contributed by atoms with Crippen LogP contribution in [0.25, 0.3) is 0 Å². The van der Waals surface area contributed by atoms with Crippen LogP contribution in [0.2, 0.25) is 0 Å². The fourth-order valence-electron chi connectivity index (χ4n) is 2.59. The zero-order chi connectivity index (χ0) is 21.4. The van der Waals surface area contributed by atoms with E-state index in [1.165, 1.54) is 36.2 Å². The molecule has 2 atom stereocenters. The number of esters is 1. The number of methoxy groups -OCH3 is 1. The van der Waals surface area contributed by atoms with Crippen molar-refractivity contribution in [1.29, 1.82) is 5.41 Å². The Bertz CT molecular complexity index is 804. The van der Waals surface area contributed by atoms with Crippen molar-refractivity contribution in [3.05, 3.63) is 29.8 Å². The summed E-state index contributed by atoms with van der Waals surface area (Å²) in [6, 6.07) is 6.75. The molecule has 2 rings (SSSR count). The molecule has 30 heavy (non-hydrogen) atoms. The molecule has 1 fully saturated rings. The number of thioether (sulfide) groups is 2. The van der Waals surface area contributed by atoms with Crippen molar-refractivity contribution in [2.24, 2.45) is 4.99 Å². The molecule has 164 valence electrons. The Morgan fingerprint density at radius 1 is 1.33 bits per heavy atom. The topological polar surface area (TPSA) is 112 Å². The second-order valence-electron chi connectivity index (χ2n) is 6.32. The van der Waals surface area contributed by atoms with Gasteiger partial charge in [-0.05, 0) is 37.6 Å². The molecule has 11 heteroatoms. The van der Waals surface area contributed by atoms with E-state index < -0.39 is 5.25 Å². The van der Waals surface area contributed by atoms with Crippen molar-refractivity contribution in [3.63, 3.8) is 0 Å². The van der Waals surface area contributed by atoms with E-state index in [0.29, 0.717) is 23.7 Å². The number of amides is 2. The van der Waals surface area contributed by atoms with Gasteiger partial charge in [0.25, 0.3) is 5.91 Å². The second-order valence-corrected chi connectivity index (χ2v) is 8.37. The highest BCUT2D eigenvalue weighted by Gasteiger charge is 2.39. The summed E-state index contributed by atoms with van der Waals surface area (Å²) in [6.45, 7) is 2.29. The van der Waals surface area contributed by atoms with Gasteiger partial charge in [-0.2, -0.15) is 4.99 Å². The molecule has 1 aromatic carbocycles. The van der Waals surface area contributed by atoms with Gasteiger partial charge >= 0.3 is 5.97 Å². The predicted molar refractivity (Wildman–Crippen MR) is 131 cm³/mol. The molecule has 0 saturated carbocycles. The van der Waals surface area contributed by atoms with Gasteiger partial charge in [0.1, 0.15) is 5.25 Å². The standard InChI is InChI=1S/C19H24N4O4S2.HI/c1-12-16(18(26)21-10-4-5-15(24)27-3)29-19(23(12)2)22-17(25)13-6-8-14(9-7-13)28-11-20;/h6-9,11-12,16,20H,4-5,10H2,1-3H3,(H,21,26);1H. The number of nitrogens with zero attached hydrogens (tertiary/aromatic N) is 2. The van der Waals surface area contributed by atoms with Crippen LogP contribution in [-0.4, -0.2) is 65.4 Å². The Balaban J connectivity index is 0.00000450. The first-order valence-electron chi connectivity index (χ1n) is 9.00. The molecule has 1 aliphatic heterocycles. The Labute approximate surface area is 201 Å². The fraction of sp³-hybridized carbons (Fsp3) is 0.421. The van der Waals surface area contributed by atoms with E-state index in [-0.39, 0.29) is 54.2 Å². The van der Waals surface area contributed by atoms with Crippen LogP contribution in [0.15, 0.2) is 34.2 Å². The van der Waals surface area contributed by atoms with Crippen molar-refractivity contribution in [2.75, 3.05) is 20.7 Å². The molecule has 1 aliphatic rings. The second kappa shape index (κ2) is 13.0. The molecule has 0 aromatic heterocycles. The summed E-state index contributed by atoms with van der Waals surface area (Å²) in [5, 5.41) is 10.0.